The second-order valence-electron chi connectivity index (χ2n) is 7.06. The molecule has 1 aliphatic heterocycles. The van der Waals surface area contributed by atoms with E-state index in [0.717, 1.165) is 24.8 Å². The third-order valence-corrected chi connectivity index (χ3v) is 4.69. The maximum atomic E-state index is 12.8. The van der Waals surface area contributed by atoms with Gasteiger partial charge in [0.05, 0.1) is 12.1 Å². The average molecular weight is 333 g/mol. The zero-order valence-corrected chi connectivity index (χ0v) is 14.6. The van der Waals surface area contributed by atoms with Gasteiger partial charge in [-0.2, -0.15) is 0 Å². The molecule has 0 aliphatic carbocycles. The summed E-state index contributed by atoms with van der Waals surface area (Å²) >= 11 is 0. The molecule has 1 fully saturated rings. The molecule has 6 heteroatoms. The van der Waals surface area contributed by atoms with E-state index in [1.807, 2.05) is 6.92 Å². The molecule has 0 aromatic heterocycles. The van der Waals surface area contributed by atoms with E-state index in [2.05, 4.69) is 19.2 Å². The fourth-order valence-corrected chi connectivity index (χ4v) is 3.55. The van der Waals surface area contributed by atoms with E-state index in [1.165, 1.54) is 0 Å². The third kappa shape index (κ3) is 3.70. The second-order valence-corrected chi connectivity index (χ2v) is 7.06. The highest BCUT2D eigenvalue weighted by Crippen LogP contribution is 2.35. The summed E-state index contributed by atoms with van der Waals surface area (Å²) in [4.78, 5) is 25.9. The number of nitrogens with zero attached hydrogens (tertiary/aromatic N) is 1. The number of anilines is 1. The Kier molecular flexibility index (Phi) is 5.49. The number of nitrogens with two attached hydrogens (primary N) is 1. The van der Waals surface area contributed by atoms with Crippen LogP contribution in [0.25, 0.3) is 0 Å². The normalized spacial score (nSPS) is 20.5. The van der Waals surface area contributed by atoms with Crippen LogP contribution in [0.15, 0.2) is 18.2 Å². The van der Waals surface area contributed by atoms with Crippen molar-refractivity contribution in [1.29, 1.82) is 0 Å². The third-order valence-electron chi connectivity index (χ3n) is 4.69. The van der Waals surface area contributed by atoms with Crippen molar-refractivity contribution in [1.82, 2.24) is 4.90 Å². The van der Waals surface area contributed by atoms with Gasteiger partial charge in [0.2, 0.25) is 5.91 Å². The van der Waals surface area contributed by atoms with Gasteiger partial charge < -0.3 is 21.1 Å². The van der Waals surface area contributed by atoms with E-state index in [0.29, 0.717) is 23.7 Å². The van der Waals surface area contributed by atoms with E-state index in [9.17, 15) is 14.7 Å². The molecule has 1 unspecified atom stereocenters. The van der Waals surface area contributed by atoms with Gasteiger partial charge >= 0.3 is 6.03 Å². The first-order valence-electron chi connectivity index (χ1n) is 8.39. The maximum Gasteiger partial charge on any atom is 0.322 e. The molecule has 1 heterocycles. The number of nitrogens with one attached hydrogen (secondary N) is 1. The van der Waals surface area contributed by atoms with E-state index < -0.39 is 11.4 Å². The highest BCUT2D eigenvalue weighted by atomic mass is 16.3. The zero-order valence-electron chi connectivity index (χ0n) is 14.6. The van der Waals surface area contributed by atoms with Gasteiger partial charge in [-0.25, -0.2) is 4.79 Å². The smallest absolute Gasteiger partial charge is 0.322 e. The maximum absolute atomic E-state index is 12.8. The average Bonchev–Trinajstić information content (AvgIpc) is 2.92. The van der Waals surface area contributed by atoms with Gasteiger partial charge in [-0.05, 0) is 49.8 Å². The summed E-state index contributed by atoms with van der Waals surface area (Å²) in [6.07, 6.45) is 2.44. The van der Waals surface area contributed by atoms with E-state index in [4.69, 9.17) is 5.73 Å². The Morgan fingerprint density at radius 1 is 1.42 bits per heavy atom. The predicted octanol–water partition coefficient (Wildman–Crippen LogP) is 2.50. The van der Waals surface area contributed by atoms with Crippen LogP contribution in [0.1, 0.15) is 49.0 Å². The molecule has 1 aromatic carbocycles. The molecule has 132 valence electrons. The molecule has 0 saturated carbocycles. The van der Waals surface area contributed by atoms with Gasteiger partial charge in [-0.15, -0.1) is 0 Å². The van der Waals surface area contributed by atoms with Crippen molar-refractivity contribution in [3.63, 3.8) is 0 Å². The molecule has 6 nitrogen and oxygen atoms in total. The number of hydrogen-bond acceptors (Lipinski definition) is 3. The number of amides is 3. The summed E-state index contributed by atoms with van der Waals surface area (Å²) < 4.78 is 0. The highest BCUT2D eigenvalue weighted by Gasteiger charge is 2.43. The van der Waals surface area contributed by atoms with Crippen LogP contribution in [0.3, 0.4) is 0 Å². The minimum atomic E-state index is -0.531. The standard InChI is InChI=1S/C18H27N3O3/c1-12(2)10-18(11-22)7-4-8-21(18)17(24)20-15-9-14(16(19)23)6-5-13(15)3/h5-6,9,12,22H,4,7-8,10-11H2,1-3H3,(H2,19,23)(H,20,24). The molecule has 0 radical (unpaired) electrons. The lowest BCUT2D eigenvalue weighted by atomic mass is 9.87. The second kappa shape index (κ2) is 7.21. The lowest BCUT2D eigenvalue weighted by Gasteiger charge is -2.38. The van der Waals surface area contributed by atoms with E-state index in [1.54, 1.807) is 23.1 Å². The summed E-state index contributed by atoms with van der Waals surface area (Å²) in [7, 11) is 0. The van der Waals surface area contributed by atoms with Crippen LogP contribution >= 0.6 is 0 Å². The number of hydrogen-bond donors (Lipinski definition) is 3. The number of aliphatic hydroxyl groups is 1. The minimum Gasteiger partial charge on any atom is -0.394 e. The molecule has 24 heavy (non-hydrogen) atoms. The summed E-state index contributed by atoms with van der Waals surface area (Å²) in [5.41, 5.74) is 6.58. The number of primary amides is 1. The summed E-state index contributed by atoms with van der Waals surface area (Å²) in [5.74, 6) is -0.151. The lowest BCUT2D eigenvalue weighted by molar-refractivity contribution is 0.0728. The van der Waals surface area contributed by atoms with Gasteiger partial charge in [-0.3, -0.25) is 4.79 Å². The first-order valence-corrected chi connectivity index (χ1v) is 8.39. The van der Waals surface area contributed by atoms with Crippen molar-refractivity contribution in [3.8, 4) is 0 Å². The number of rotatable bonds is 5. The predicted molar refractivity (Wildman–Crippen MR) is 93.9 cm³/mol. The molecule has 1 atom stereocenters. The number of carbonyl (C=O) groups is 2. The Hall–Kier alpha value is -2.08. The molecule has 1 aromatic rings. The fraction of sp³-hybridized carbons (Fsp3) is 0.556. The Morgan fingerprint density at radius 3 is 2.71 bits per heavy atom. The van der Waals surface area contributed by atoms with Crippen molar-refractivity contribution in [2.24, 2.45) is 11.7 Å². The van der Waals surface area contributed by atoms with Crippen LogP contribution in [0.5, 0.6) is 0 Å². The van der Waals surface area contributed by atoms with Gasteiger partial charge in [0, 0.05) is 17.8 Å². The van der Waals surface area contributed by atoms with Crippen LogP contribution < -0.4 is 11.1 Å². The van der Waals surface area contributed by atoms with Crippen LogP contribution in [0.2, 0.25) is 0 Å². The molecule has 1 aliphatic rings. The highest BCUT2D eigenvalue weighted by molar-refractivity contribution is 5.96. The number of likely N-dealkylation sites (tertiary alicyclic amines) is 1. The van der Waals surface area contributed by atoms with Crippen LogP contribution in [-0.2, 0) is 0 Å². The topological polar surface area (TPSA) is 95.7 Å². The molecular formula is C18H27N3O3. The van der Waals surface area contributed by atoms with E-state index in [-0.39, 0.29) is 12.6 Å². The largest absolute Gasteiger partial charge is 0.394 e. The monoisotopic (exact) mass is 333 g/mol. The summed E-state index contributed by atoms with van der Waals surface area (Å²) in [6.45, 7) is 6.61. The molecule has 3 amide bonds. The Balaban J connectivity index is 2.22. The number of aliphatic hydroxyl groups excluding tert-OH is 1. The molecule has 0 bridgehead atoms. The van der Waals surface area contributed by atoms with E-state index >= 15 is 0 Å². The van der Waals surface area contributed by atoms with Crippen LogP contribution in [-0.4, -0.2) is 40.6 Å². The molecule has 2 rings (SSSR count). The van der Waals surface area contributed by atoms with Crippen molar-refractivity contribution in [2.75, 3.05) is 18.5 Å². The first kappa shape index (κ1) is 18.3. The van der Waals surface area contributed by atoms with Gasteiger partial charge in [0.25, 0.3) is 0 Å². The van der Waals surface area contributed by atoms with Gasteiger partial charge in [0.1, 0.15) is 0 Å². The Morgan fingerprint density at radius 2 is 2.12 bits per heavy atom. The number of benzene rings is 1. The Bertz CT molecular complexity index is 630. The zero-order chi connectivity index (χ0) is 17.9. The Labute approximate surface area is 143 Å². The summed E-state index contributed by atoms with van der Waals surface area (Å²) in [5, 5.41) is 12.8. The number of aryl methyl sites for hydroxylation is 1. The number of urea groups is 1. The first-order chi connectivity index (χ1) is 11.3. The number of carbonyl (C=O) groups excluding carboxylic acids is 2. The van der Waals surface area contributed by atoms with Crippen molar-refractivity contribution < 1.29 is 14.7 Å². The van der Waals surface area contributed by atoms with Crippen LogP contribution in [0, 0.1) is 12.8 Å². The molecular weight excluding hydrogens is 306 g/mol. The molecule has 4 N–H and O–H groups in total. The van der Waals surface area contributed by atoms with Crippen molar-refractivity contribution in [2.45, 2.75) is 45.6 Å². The fourth-order valence-electron chi connectivity index (χ4n) is 3.55. The summed E-state index contributed by atoms with van der Waals surface area (Å²) in [6, 6.07) is 4.74. The van der Waals surface area contributed by atoms with Crippen molar-refractivity contribution >= 4 is 17.6 Å². The quantitative estimate of drug-likeness (QED) is 0.772. The van der Waals surface area contributed by atoms with Crippen LogP contribution in [0.4, 0.5) is 10.5 Å². The molecule has 1 saturated heterocycles. The lowest BCUT2D eigenvalue weighted by Crippen LogP contribution is -2.52. The SMILES string of the molecule is Cc1ccc(C(N)=O)cc1NC(=O)N1CCCC1(CO)CC(C)C. The molecule has 0 spiro atoms. The van der Waals surface area contributed by atoms with Gasteiger partial charge in [-0.1, -0.05) is 19.9 Å². The van der Waals surface area contributed by atoms with Crippen molar-refractivity contribution in [3.05, 3.63) is 29.3 Å². The van der Waals surface area contributed by atoms with Gasteiger partial charge in [0.15, 0.2) is 0 Å². The minimum absolute atomic E-state index is 0.0428.